The number of alkyl halides is 3. The highest BCUT2D eigenvalue weighted by Crippen LogP contribution is 2.15. The van der Waals surface area contributed by atoms with Gasteiger partial charge in [0.05, 0.1) is 13.1 Å². The third-order valence-electron chi connectivity index (χ3n) is 3.17. The molecule has 0 amide bonds. The van der Waals surface area contributed by atoms with Crippen molar-refractivity contribution >= 4 is 5.96 Å². The summed E-state index contributed by atoms with van der Waals surface area (Å²) in [5.74, 6) is 0.199. The summed E-state index contributed by atoms with van der Waals surface area (Å²) in [5, 5.41) is 6.06. The topological polar surface area (TPSA) is 39.7 Å². The smallest absolute Gasteiger partial charge is 0.357 e. The minimum Gasteiger partial charge on any atom is -0.357 e. The Kier molecular flexibility index (Phi) is 8.53. The van der Waals surface area contributed by atoms with Crippen molar-refractivity contribution in [3.05, 3.63) is 35.6 Å². The van der Waals surface area contributed by atoms with Gasteiger partial charge in [-0.1, -0.05) is 18.2 Å². The van der Waals surface area contributed by atoms with Crippen LogP contribution in [0, 0.1) is 5.82 Å². The molecular formula is C16H24F4N4. The quantitative estimate of drug-likeness (QED) is 0.328. The first-order chi connectivity index (χ1) is 11.3. The van der Waals surface area contributed by atoms with Crippen molar-refractivity contribution in [3.8, 4) is 0 Å². The molecule has 1 rings (SSSR count). The largest absolute Gasteiger partial charge is 0.401 e. The Labute approximate surface area is 139 Å². The summed E-state index contributed by atoms with van der Waals surface area (Å²) in [6, 6.07) is 6.39. The number of nitrogens with zero attached hydrogens (tertiary/aromatic N) is 2. The Balaban J connectivity index is 2.40. The highest BCUT2D eigenvalue weighted by atomic mass is 19.4. The zero-order valence-electron chi connectivity index (χ0n) is 14.0. The number of halogens is 4. The molecule has 0 atom stereocenters. The number of guanidine groups is 1. The van der Waals surface area contributed by atoms with E-state index in [4.69, 9.17) is 0 Å². The Hall–Kier alpha value is -1.83. The van der Waals surface area contributed by atoms with Crippen molar-refractivity contribution in [2.24, 2.45) is 4.99 Å². The lowest BCUT2D eigenvalue weighted by Gasteiger charge is -2.18. The van der Waals surface area contributed by atoms with Gasteiger partial charge in [-0.15, -0.1) is 0 Å². The van der Waals surface area contributed by atoms with Crippen LogP contribution in [0.1, 0.15) is 18.9 Å². The first-order valence-corrected chi connectivity index (χ1v) is 7.82. The van der Waals surface area contributed by atoms with Gasteiger partial charge < -0.3 is 10.6 Å². The lowest BCUT2D eigenvalue weighted by molar-refractivity contribution is -0.143. The second kappa shape index (κ2) is 10.1. The van der Waals surface area contributed by atoms with Crippen molar-refractivity contribution < 1.29 is 17.6 Å². The van der Waals surface area contributed by atoms with E-state index in [1.165, 1.54) is 18.0 Å². The molecule has 1 aromatic rings. The lowest BCUT2D eigenvalue weighted by atomic mass is 10.2. The molecule has 0 aromatic heterocycles. The normalized spacial score (nSPS) is 12.5. The van der Waals surface area contributed by atoms with Gasteiger partial charge in [-0.25, -0.2) is 9.38 Å². The molecule has 1 aromatic carbocycles. The van der Waals surface area contributed by atoms with Crippen LogP contribution in [0.25, 0.3) is 0 Å². The van der Waals surface area contributed by atoms with E-state index in [-0.39, 0.29) is 12.4 Å². The third kappa shape index (κ3) is 8.71. The van der Waals surface area contributed by atoms with E-state index in [2.05, 4.69) is 15.6 Å². The molecule has 4 nitrogen and oxygen atoms in total. The average Bonchev–Trinajstić information content (AvgIpc) is 2.48. The molecule has 0 aliphatic rings. The minimum atomic E-state index is -4.18. The number of benzene rings is 1. The van der Waals surface area contributed by atoms with Crippen molar-refractivity contribution in [3.63, 3.8) is 0 Å². The van der Waals surface area contributed by atoms with Gasteiger partial charge in [0.25, 0.3) is 0 Å². The summed E-state index contributed by atoms with van der Waals surface area (Å²) in [6.07, 6.45) is -3.64. The van der Waals surface area contributed by atoms with Gasteiger partial charge in [-0.3, -0.25) is 4.90 Å². The average molecular weight is 348 g/mol. The number of hydrogen-bond acceptors (Lipinski definition) is 2. The Morgan fingerprint density at radius 1 is 1.21 bits per heavy atom. The first-order valence-electron chi connectivity index (χ1n) is 7.82. The molecule has 0 heterocycles. The van der Waals surface area contributed by atoms with Crippen LogP contribution in [0.15, 0.2) is 29.3 Å². The third-order valence-corrected chi connectivity index (χ3v) is 3.17. The number of hydrogen-bond donors (Lipinski definition) is 2. The van der Waals surface area contributed by atoms with Crippen molar-refractivity contribution in [2.45, 2.75) is 26.1 Å². The summed E-state index contributed by atoms with van der Waals surface area (Å²) in [7, 11) is 1.44. The monoisotopic (exact) mass is 348 g/mol. The maximum Gasteiger partial charge on any atom is 0.401 e. The maximum absolute atomic E-state index is 13.5. The van der Waals surface area contributed by atoms with E-state index >= 15 is 0 Å². The Morgan fingerprint density at radius 3 is 2.54 bits per heavy atom. The first kappa shape index (κ1) is 20.2. The van der Waals surface area contributed by atoms with Crippen molar-refractivity contribution in [1.29, 1.82) is 0 Å². The van der Waals surface area contributed by atoms with E-state index in [0.717, 1.165) is 0 Å². The second-order valence-electron chi connectivity index (χ2n) is 5.42. The molecule has 0 aliphatic heterocycles. The SMILES string of the molecule is CCNC(=NCc1ccccc1F)NCCCN(C)CC(F)(F)F. The van der Waals surface area contributed by atoms with E-state index < -0.39 is 12.7 Å². The molecule has 0 fully saturated rings. The number of rotatable bonds is 8. The molecule has 0 saturated heterocycles. The van der Waals surface area contributed by atoms with E-state index in [0.29, 0.717) is 37.6 Å². The van der Waals surface area contributed by atoms with E-state index in [1.807, 2.05) is 6.92 Å². The molecular weight excluding hydrogens is 324 g/mol. The molecule has 136 valence electrons. The predicted molar refractivity (Wildman–Crippen MR) is 87.4 cm³/mol. The van der Waals surface area contributed by atoms with Crippen LogP contribution in [0.4, 0.5) is 17.6 Å². The number of nitrogens with one attached hydrogen (secondary N) is 2. The van der Waals surface area contributed by atoms with Crippen LogP contribution >= 0.6 is 0 Å². The molecule has 0 aliphatic carbocycles. The van der Waals surface area contributed by atoms with Crippen molar-refractivity contribution in [1.82, 2.24) is 15.5 Å². The minimum absolute atomic E-state index is 0.190. The highest BCUT2D eigenvalue weighted by Gasteiger charge is 2.28. The summed E-state index contributed by atoms with van der Waals surface area (Å²) < 4.78 is 50.2. The van der Waals surface area contributed by atoms with Gasteiger partial charge in [-0.2, -0.15) is 13.2 Å². The van der Waals surface area contributed by atoms with Gasteiger partial charge >= 0.3 is 6.18 Å². The molecule has 24 heavy (non-hydrogen) atoms. The summed E-state index contributed by atoms with van der Waals surface area (Å²) in [6.45, 7) is 2.60. The maximum atomic E-state index is 13.5. The Morgan fingerprint density at radius 2 is 1.92 bits per heavy atom. The van der Waals surface area contributed by atoms with Gasteiger partial charge in [0.2, 0.25) is 0 Å². The van der Waals surface area contributed by atoms with E-state index in [1.54, 1.807) is 18.2 Å². The fraction of sp³-hybridized carbons (Fsp3) is 0.562. The van der Waals surface area contributed by atoms with Gasteiger partial charge in [0.1, 0.15) is 5.82 Å². The fourth-order valence-electron chi connectivity index (χ4n) is 2.07. The van der Waals surface area contributed by atoms with Crippen LogP contribution in [0.2, 0.25) is 0 Å². The zero-order chi connectivity index (χ0) is 18.0. The summed E-state index contributed by atoms with van der Waals surface area (Å²) in [4.78, 5) is 5.51. The Bertz CT molecular complexity index is 517. The second-order valence-corrected chi connectivity index (χ2v) is 5.42. The molecule has 0 bridgehead atoms. The molecule has 0 unspecified atom stereocenters. The van der Waals surface area contributed by atoms with Crippen LogP contribution in [0.3, 0.4) is 0 Å². The van der Waals surface area contributed by atoms with Gasteiger partial charge in [-0.05, 0) is 33.0 Å². The van der Waals surface area contributed by atoms with Gasteiger partial charge in [0.15, 0.2) is 5.96 Å². The van der Waals surface area contributed by atoms with Crippen molar-refractivity contribution in [2.75, 3.05) is 33.2 Å². The van der Waals surface area contributed by atoms with Crippen LogP contribution in [0.5, 0.6) is 0 Å². The summed E-state index contributed by atoms with van der Waals surface area (Å²) in [5.41, 5.74) is 0.486. The van der Waals surface area contributed by atoms with Crippen LogP contribution < -0.4 is 10.6 Å². The lowest BCUT2D eigenvalue weighted by Crippen LogP contribution is -2.39. The molecule has 0 saturated carbocycles. The summed E-state index contributed by atoms with van der Waals surface area (Å²) >= 11 is 0. The highest BCUT2D eigenvalue weighted by molar-refractivity contribution is 5.79. The van der Waals surface area contributed by atoms with Crippen LogP contribution in [-0.2, 0) is 6.54 Å². The zero-order valence-corrected chi connectivity index (χ0v) is 14.0. The molecule has 2 N–H and O–H groups in total. The standard InChI is InChI=1S/C16H24F4N4/c1-3-21-15(23-11-13-7-4-5-8-14(13)17)22-9-6-10-24(2)12-16(18,19)20/h4-5,7-8H,3,6,9-12H2,1-2H3,(H2,21,22,23). The number of aliphatic imine (C=N–C) groups is 1. The van der Waals surface area contributed by atoms with Gasteiger partial charge in [0, 0.05) is 18.7 Å². The van der Waals surface area contributed by atoms with E-state index in [9.17, 15) is 17.6 Å². The fourth-order valence-corrected chi connectivity index (χ4v) is 2.07. The molecule has 8 heteroatoms. The predicted octanol–water partition coefficient (Wildman–Crippen LogP) is 2.77. The molecule has 0 spiro atoms. The molecule has 0 radical (unpaired) electrons. The van der Waals surface area contributed by atoms with Crippen LogP contribution in [-0.4, -0.2) is 50.3 Å².